The maximum atomic E-state index is 12.3. The molecule has 1 amide bonds. The fraction of sp³-hybridized carbons (Fsp3) is 0.353. The molecular formula is C17H19N3O4. The number of anilines is 1. The number of morpholine rings is 1. The lowest BCUT2D eigenvalue weighted by Gasteiger charge is -2.25. The zero-order chi connectivity index (χ0) is 17.4. The van der Waals surface area contributed by atoms with E-state index in [0.29, 0.717) is 32.0 Å². The van der Waals surface area contributed by atoms with Gasteiger partial charge in [-0.05, 0) is 19.1 Å². The molecule has 7 heteroatoms. The number of nitriles is 1. The van der Waals surface area contributed by atoms with E-state index in [9.17, 15) is 14.9 Å². The molecule has 0 unspecified atom stereocenters. The fourth-order valence-electron chi connectivity index (χ4n) is 2.20. The monoisotopic (exact) mass is 329 g/mol. The number of nitrogens with one attached hydrogen (secondary N) is 1. The van der Waals surface area contributed by atoms with Crippen LogP contribution in [0.5, 0.6) is 0 Å². The van der Waals surface area contributed by atoms with Crippen molar-refractivity contribution in [3.05, 3.63) is 41.6 Å². The van der Waals surface area contributed by atoms with Crippen molar-refractivity contribution >= 4 is 17.6 Å². The summed E-state index contributed by atoms with van der Waals surface area (Å²) in [6.45, 7) is 4.31. The predicted molar refractivity (Wildman–Crippen MR) is 87.1 cm³/mol. The van der Waals surface area contributed by atoms with E-state index >= 15 is 0 Å². The van der Waals surface area contributed by atoms with Gasteiger partial charge in [0.1, 0.15) is 11.6 Å². The normalized spacial score (nSPS) is 14.7. The number of nitrogens with zero attached hydrogens (tertiary/aromatic N) is 2. The third-order valence-corrected chi connectivity index (χ3v) is 3.39. The van der Waals surface area contributed by atoms with E-state index < -0.39 is 11.9 Å². The molecule has 126 valence electrons. The first-order chi connectivity index (χ1) is 11.7. The topological polar surface area (TPSA) is 91.7 Å². The van der Waals surface area contributed by atoms with Crippen molar-refractivity contribution in [3.8, 4) is 6.07 Å². The molecule has 1 heterocycles. The van der Waals surface area contributed by atoms with Crippen molar-refractivity contribution in [2.45, 2.75) is 6.92 Å². The molecule has 0 aliphatic carbocycles. The van der Waals surface area contributed by atoms with Gasteiger partial charge in [0.25, 0.3) is 5.91 Å². The summed E-state index contributed by atoms with van der Waals surface area (Å²) in [4.78, 5) is 26.1. The minimum Gasteiger partial charge on any atom is -0.462 e. The number of para-hydroxylation sites is 1. The first-order valence-electron chi connectivity index (χ1n) is 7.67. The van der Waals surface area contributed by atoms with Crippen molar-refractivity contribution in [2.24, 2.45) is 0 Å². The SMILES string of the molecule is CCOC(=O)c1ccccc1NC(=O)/C(C#N)=C\N1CCOCC1. The summed E-state index contributed by atoms with van der Waals surface area (Å²) in [5, 5.41) is 11.8. The lowest BCUT2D eigenvalue weighted by molar-refractivity contribution is -0.112. The smallest absolute Gasteiger partial charge is 0.340 e. The molecule has 1 aromatic carbocycles. The minimum atomic E-state index is -0.569. The highest BCUT2D eigenvalue weighted by Gasteiger charge is 2.17. The Balaban J connectivity index is 2.14. The first kappa shape index (κ1) is 17.5. The molecule has 24 heavy (non-hydrogen) atoms. The Bertz CT molecular complexity index is 673. The fourth-order valence-corrected chi connectivity index (χ4v) is 2.20. The van der Waals surface area contributed by atoms with Gasteiger partial charge in [0.05, 0.1) is 31.1 Å². The summed E-state index contributed by atoms with van der Waals surface area (Å²) in [6, 6.07) is 8.41. The highest BCUT2D eigenvalue weighted by atomic mass is 16.5. The Morgan fingerprint density at radius 1 is 1.38 bits per heavy atom. The zero-order valence-electron chi connectivity index (χ0n) is 13.4. The van der Waals surface area contributed by atoms with Crippen LogP contribution in [0.2, 0.25) is 0 Å². The molecule has 0 aromatic heterocycles. The number of carbonyl (C=O) groups excluding carboxylic acids is 2. The van der Waals surface area contributed by atoms with E-state index in [1.807, 2.05) is 11.0 Å². The van der Waals surface area contributed by atoms with Gasteiger partial charge in [-0.2, -0.15) is 5.26 Å². The first-order valence-corrected chi connectivity index (χ1v) is 7.67. The van der Waals surface area contributed by atoms with Gasteiger partial charge in [-0.15, -0.1) is 0 Å². The second-order valence-corrected chi connectivity index (χ2v) is 5.02. The predicted octanol–water partition coefficient (Wildman–Crippen LogP) is 1.54. The molecule has 0 radical (unpaired) electrons. The molecule has 7 nitrogen and oxygen atoms in total. The molecule has 1 saturated heterocycles. The third-order valence-electron chi connectivity index (χ3n) is 3.39. The maximum absolute atomic E-state index is 12.3. The number of hydrogen-bond acceptors (Lipinski definition) is 6. The minimum absolute atomic E-state index is 0.0319. The van der Waals surface area contributed by atoms with E-state index in [1.54, 1.807) is 31.2 Å². The molecule has 1 fully saturated rings. The van der Waals surface area contributed by atoms with Crippen LogP contribution in [0.4, 0.5) is 5.69 Å². The summed E-state index contributed by atoms with van der Waals surface area (Å²) in [6.07, 6.45) is 1.52. The third kappa shape index (κ3) is 4.57. The number of rotatable bonds is 5. The van der Waals surface area contributed by atoms with Crippen molar-refractivity contribution in [3.63, 3.8) is 0 Å². The van der Waals surface area contributed by atoms with Gasteiger partial charge in [0, 0.05) is 19.3 Å². The van der Waals surface area contributed by atoms with Gasteiger partial charge in [0.2, 0.25) is 0 Å². The molecule has 1 aliphatic rings. The maximum Gasteiger partial charge on any atom is 0.340 e. The van der Waals surface area contributed by atoms with Crippen LogP contribution >= 0.6 is 0 Å². The van der Waals surface area contributed by atoms with Crippen molar-refractivity contribution in [1.82, 2.24) is 4.90 Å². The molecule has 0 atom stereocenters. The molecule has 1 aliphatic heterocycles. The van der Waals surface area contributed by atoms with Gasteiger partial charge < -0.3 is 19.7 Å². The molecule has 0 saturated carbocycles. The average Bonchev–Trinajstić information content (AvgIpc) is 2.61. The van der Waals surface area contributed by atoms with Crippen LogP contribution in [0.25, 0.3) is 0 Å². The van der Waals surface area contributed by atoms with Crippen molar-refractivity contribution in [1.29, 1.82) is 5.26 Å². The number of ether oxygens (including phenoxy) is 2. The number of benzene rings is 1. The second-order valence-electron chi connectivity index (χ2n) is 5.02. The highest BCUT2D eigenvalue weighted by Crippen LogP contribution is 2.17. The highest BCUT2D eigenvalue weighted by molar-refractivity contribution is 6.09. The number of amides is 1. The second kappa shape index (κ2) is 8.70. The Labute approximate surface area is 140 Å². The van der Waals surface area contributed by atoms with Crippen molar-refractivity contribution in [2.75, 3.05) is 38.2 Å². The zero-order valence-corrected chi connectivity index (χ0v) is 13.4. The largest absolute Gasteiger partial charge is 0.462 e. The molecule has 2 rings (SSSR count). The molecular weight excluding hydrogens is 310 g/mol. The van der Waals surface area contributed by atoms with Gasteiger partial charge in [0.15, 0.2) is 0 Å². The summed E-state index contributed by atoms with van der Waals surface area (Å²) in [7, 11) is 0. The van der Waals surface area contributed by atoms with Crippen LogP contribution in [0.15, 0.2) is 36.0 Å². The standard InChI is InChI=1S/C17H19N3O4/c1-2-24-17(22)14-5-3-4-6-15(14)19-16(21)13(11-18)12-20-7-9-23-10-8-20/h3-6,12H,2,7-10H2,1H3,(H,19,21)/b13-12-. The Morgan fingerprint density at radius 3 is 2.75 bits per heavy atom. The van der Waals surface area contributed by atoms with Gasteiger partial charge in [-0.1, -0.05) is 12.1 Å². The summed E-state index contributed by atoms with van der Waals surface area (Å²) >= 11 is 0. The molecule has 1 N–H and O–H groups in total. The van der Waals surface area contributed by atoms with Crippen LogP contribution in [-0.4, -0.2) is 49.7 Å². The average molecular weight is 329 g/mol. The molecule has 1 aromatic rings. The van der Waals surface area contributed by atoms with Gasteiger partial charge >= 0.3 is 5.97 Å². The lowest BCUT2D eigenvalue weighted by atomic mass is 10.1. The van der Waals surface area contributed by atoms with Crippen LogP contribution in [-0.2, 0) is 14.3 Å². The van der Waals surface area contributed by atoms with Crippen LogP contribution < -0.4 is 5.32 Å². The molecule has 0 bridgehead atoms. The van der Waals surface area contributed by atoms with Crippen molar-refractivity contribution < 1.29 is 19.1 Å². The summed E-state index contributed by atoms with van der Waals surface area (Å²) in [5.74, 6) is -1.09. The summed E-state index contributed by atoms with van der Waals surface area (Å²) in [5.41, 5.74) is 0.524. The van der Waals surface area contributed by atoms with Crippen LogP contribution in [0.1, 0.15) is 17.3 Å². The van der Waals surface area contributed by atoms with E-state index in [-0.39, 0.29) is 17.7 Å². The number of hydrogen-bond donors (Lipinski definition) is 1. The van der Waals surface area contributed by atoms with Crippen LogP contribution in [0.3, 0.4) is 0 Å². The van der Waals surface area contributed by atoms with E-state index in [1.165, 1.54) is 6.20 Å². The van der Waals surface area contributed by atoms with E-state index in [0.717, 1.165) is 0 Å². The van der Waals surface area contributed by atoms with Crippen LogP contribution in [0, 0.1) is 11.3 Å². The van der Waals surface area contributed by atoms with Gasteiger partial charge in [-0.3, -0.25) is 4.79 Å². The van der Waals surface area contributed by atoms with E-state index in [4.69, 9.17) is 9.47 Å². The van der Waals surface area contributed by atoms with Gasteiger partial charge in [-0.25, -0.2) is 4.79 Å². The Kier molecular flexibility index (Phi) is 6.34. The van der Waals surface area contributed by atoms with E-state index in [2.05, 4.69) is 5.32 Å². The summed E-state index contributed by atoms with van der Waals surface area (Å²) < 4.78 is 10.2. The molecule has 0 spiro atoms. The quantitative estimate of drug-likeness (QED) is 0.500. The lowest BCUT2D eigenvalue weighted by Crippen LogP contribution is -2.33. The Morgan fingerprint density at radius 2 is 2.08 bits per heavy atom. The number of carbonyl (C=O) groups is 2. The Hall–Kier alpha value is -2.85. The number of esters is 1.